The van der Waals surface area contributed by atoms with Gasteiger partial charge in [-0.3, -0.25) is 4.90 Å². The molecule has 104 valence electrons. The molecule has 3 heteroatoms. The number of piperidine rings is 1. The fourth-order valence-corrected chi connectivity index (χ4v) is 3.92. The van der Waals surface area contributed by atoms with Crippen LogP contribution in [0.25, 0.3) is 0 Å². The topological polar surface area (TPSA) is 49.5 Å². The Hall–Kier alpha value is -1.06. The van der Waals surface area contributed by atoms with E-state index in [0.29, 0.717) is 23.9 Å². The van der Waals surface area contributed by atoms with Gasteiger partial charge in [0.05, 0.1) is 0 Å². The van der Waals surface area contributed by atoms with Gasteiger partial charge in [-0.2, -0.15) is 0 Å². The van der Waals surface area contributed by atoms with E-state index in [1.807, 2.05) is 13.8 Å². The van der Waals surface area contributed by atoms with E-state index in [1.165, 1.54) is 18.4 Å². The number of hydrogen-bond acceptors (Lipinski definition) is 3. The quantitative estimate of drug-likeness (QED) is 0.859. The summed E-state index contributed by atoms with van der Waals surface area (Å²) in [6.45, 7) is 4.96. The van der Waals surface area contributed by atoms with E-state index < -0.39 is 0 Å². The molecule has 2 aliphatic heterocycles. The Labute approximate surface area is 115 Å². The monoisotopic (exact) mass is 260 g/mol. The molecule has 0 saturated carbocycles. The van der Waals surface area contributed by atoms with Crippen molar-refractivity contribution in [3.63, 3.8) is 0 Å². The number of nitrogens with two attached hydrogens (primary N) is 1. The third-order valence-corrected chi connectivity index (χ3v) is 4.84. The summed E-state index contributed by atoms with van der Waals surface area (Å²) in [7, 11) is 0. The Balaban J connectivity index is 1.79. The van der Waals surface area contributed by atoms with Crippen LogP contribution in [0.4, 0.5) is 0 Å². The third-order valence-electron chi connectivity index (χ3n) is 4.84. The lowest BCUT2D eigenvalue weighted by Crippen LogP contribution is -2.46. The van der Waals surface area contributed by atoms with Gasteiger partial charge in [-0.25, -0.2) is 0 Å². The van der Waals surface area contributed by atoms with E-state index in [2.05, 4.69) is 17.0 Å². The standard InChI is InChI=1S/C16H24N2O/c1-10-5-12(6-11(2)16(10)19)9-18-14-3-4-15(18)8-13(17)7-14/h5-6,13-15,19H,3-4,7-9,17H2,1-2H3. The molecule has 3 nitrogen and oxygen atoms in total. The minimum absolute atomic E-state index is 0.400. The smallest absolute Gasteiger partial charge is 0.121 e. The molecule has 3 rings (SSSR count). The van der Waals surface area contributed by atoms with Crippen molar-refractivity contribution in [1.82, 2.24) is 4.90 Å². The molecule has 2 unspecified atom stereocenters. The highest BCUT2D eigenvalue weighted by Gasteiger charge is 2.39. The number of aryl methyl sites for hydroxylation is 2. The Morgan fingerprint density at radius 1 is 1.16 bits per heavy atom. The molecule has 2 atom stereocenters. The van der Waals surface area contributed by atoms with Crippen LogP contribution >= 0.6 is 0 Å². The van der Waals surface area contributed by atoms with Gasteiger partial charge < -0.3 is 10.8 Å². The highest BCUT2D eigenvalue weighted by molar-refractivity contribution is 5.42. The first-order valence-corrected chi connectivity index (χ1v) is 7.35. The molecule has 2 saturated heterocycles. The molecule has 0 aromatic heterocycles. The Morgan fingerprint density at radius 3 is 2.21 bits per heavy atom. The summed E-state index contributed by atoms with van der Waals surface area (Å²) >= 11 is 0. The molecule has 0 amide bonds. The first-order chi connectivity index (χ1) is 9.04. The van der Waals surface area contributed by atoms with E-state index in [1.54, 1.807) is 0 Å². The number of rotatable bonds is 2. The van der Waals surface area contributed by atoms with Crippen LogP contribution < -0.4 is 5.73 Å². The van der Waals surface area contributed by atoms with Gasteiger partial charge in [0.2, 0.25) is 0 Å². The van der Waals surface area contributed by atoms with Crippen molar-refractivity contribution in [2.45, 2.75) is 64.2 Å². The van der Waals surface area contributed by atoms with Crippen molar-refractivity contribution in [3.05, 3.63) is 28.8 Å². The van der Waals surface area contributed by atoms with Gasteiger partial charge in [0, 0.05) is 24.7 Å². The van der Waals surface area contributed by atoms with Gasteiger partial charge in [0.15, 0.2) is 0 Å². The maximum atomic E-state index is 9.86. The van der Waals surface area contributed by atoms with E-state index >= 15 is 0 Å². The van der Waals surface area contributed by atoms with Crippen LogP contribution in [0, 0.1) is 13.8 Å². The lowest BCUT2D eigenvalue weighted by molar-refractivity contribution is 0.120. The maximum absolute atomic E-state index is 9.86. The van der Waals surface area contributed by atoms with Crippen LogP contribution in [0.1, 0.15) is 42.4 Å². The van der Waals surface area contributed by atoms with Crippen molar-refractivity contribution in [2.24, 2.45) is 5.73 Å². The summed E-state index contributed by atoms with van der Waals surface area (Å²) in [4.78, 5) is 2.63. The van der Waals surface area contributed by atoms with Gasteiger partial charge in [0.25, 0.3) is 0 Å². The maximum Gasteiger partial charge on any atom is 0.121 e. The Morgan fingerprint density at radius 2 is 1.68 bits per heavy atom. The highest BCUT2D eigenvalue weighted by atomic mass is 16.3. The number of phenols is 1. The summed E-state index contributed by atoms with van der Waals surface area (Å²) in [5, 5.41) is 9.86. The number of phenolic OH excluding ortho intramolecular Hbond substituents is 1. The zero-order chi connectivity index (χ0) is 13.6. The van der Waals surface area contributed by atoms with Crippen LogP contribution in [0.15, 0.2) is 12.1 Å². The molecule has 2 aliphatic rings. The summed E-state index contributed by atoms with van der Waals surface area (Å²) in [5.74, 6) is 0.437. The van der Waals surface area contributed by atoms with Crippen LogP contribution in [0.5, 0.6) is 5.75 Å². The molecule has 0 radical (unpaired) electrons. The first-order valence-electron chi connectivity index (χ1n) is 7.35. The largest absolute Gasteiger partial charge is 0.507 e. The lowest BCUT2D eigenvalue weighted by atomic mass is 9.97. The second kappa shape index (κ2) is 4.80. The average Bonchev–Trinajstić information content (AvgIpc) is 2.59. The molecule has 19 heavy (non-hydrogen) atoms. The number of hydrogen-bond donors (Lipinski definition) is 2. The second-order valence-electron chi connectivity index (χ2n) is 6.37. The van der Waals surface area contributed by atoms with Crippen molar-refractivity contribution in [3.8, 4) is 5.75 Å². The van der Waals surface area contributed by atoms with Gasteiger partial charge >= 0.3 is 0 Å². The third kappa shape index (κ3) is 2.37. The van der Waals surface area contributed by atoms with E-state index in [0.717, 1.165) is 30.5 Å². The van der Waals surface area contributed by atoms with Crippen LogP contribution in [0.2, 0.25) is 0 Å². The van der Waals surface area contributed by atoms with Crippen LogP contribution in [-0.2, 0) is 6.54 Å². The normalized spacial score (nSPS) is 30.8. The minimum Gasteiger partial charge on any atom is -0.507 e. The lowest BCUT2D eigenvalue weighted by Gasteiger charge is -2.37. The minimum atomic E-state index is 0.400. The molecule has 0 spiro atoms. The predicted octanol–water partition coefficient (Wildman–Crippen LogP) is 2.46. The van der Waals surface area contributed by atoms with Crippen molar-refractivity contribution < 1.29 is 5.11 Å². The molecule has 2 bridgehead atoms. The van der Waals surface area contributed by atoms with Crippen LogP contribution in [0.3, 0.4) is 0 Å². The Kier molecular flexibility index (Phi) is 3.27. The molecule has 0 aliphatic carbocycles. The predicted molar refractivity (Wildman–Crippen MR) is 77.1 cm³/mol. The summed E-state index contributed by atoms with van der Waals surface area (Å²) < 4.78 is 0. The first kappa shape index (κ1) is 12.9. The average molecular weight is 260 g/mol. The zero-order valence-electron chi connectivity index (χ0n) is 11.9. The highest BCUT2D eigenvalue weighted by Crippen LogP contribution is 2.36. The second-order valence-corrected chi connectivity index (χ2v) is 6.37. The molecular formula is C16H24N2O. The molecule has 2 heterocycles. The Bertz CT molecular complexity index is 449. The number of nitrogens with zero attached hydrogens (tertiary/aromatic N) is 1. The summed E-state index contributed by atoms with van der Waals surface area (Å²) in [6.07, 6.45) is 4.89. The number of fused-ring (bicyclic) bond motifs is 2. The summed E-state index contributed by atoms with van der Waals surface area (Å²) in [5.41, 5.74) is 9.40. The van der Waals surface area contributed by atoms with Crippen molar-refractivity contribution in [2.75, 3.05) is 0 Å². The molecule has 2 fully saturated rings. The van der Waals surface area contributed by atoms with Crippen LogP contribution in [-0.4, -0.2) is 28.1 Å². The molecule has 3 N–H and O–H groups in total. The fraction of sp³-hybridized carbons (Fsp3) is 0.625. The zero-order valence-corrected chi connectivity index (χ0v) is 11.9. The number of benzene rings is 1. The summed E-state index contributed by atoms with van der Waals surface area (Å²) in [6, 6.07) is 5.98. The van der Waals surface area contributed by atoms with Crippen molar-refractivity contribution >= 4 is 0 Å². The molecular weight excluding hydrogens is 236 g/mol. The SMILES string of the molecule is Cc1cc(CN2C3CCC2CC(N)C3)cc(C)c1O. The molecule has 1 aromatic rings. The van der Waals surface area contributed by atoms with E-state index in [4.69, 9.17) is 5.73 Å². The van der Waals surface area contributed by atoms with E-state index in [9.17, 15) is 5.11 Å². The fourth-order valence-electron chi connectivity index (χ4n) is 3.92. The van der Waals surface area contributed by atoms with Crippen molar-refractivity contribution in [1.29, 1.82) is 0 Å². The molecule has 1 aromatic carbocycles. The van der Waals surface area contributed by atoms with Gasteiger partial charge in [-0.1, -0.05) is 12.1 Å². The van der Waals surface area contributed by atoms with E-state index in [-0.39, 0.29) is 0 Å². The van der Waals surface area contributed by atoms with Gasteiger partial charge in [0.1, 0.15) is 5.75 Å². The van der Waals surface area contributed by atoms with Gasteiger partial charge in [-0.05, 0) is 56.2 Å². The number of aromatic hydroxyl groups is 1. The van der Waals surface area contributed by atoms with Gasteiger partial charge in [-0.15, -0.1) is 0 Å².